The molecule has 0 saturated heterocycles. The number of likely N-dealkylation sites (N-methyl/N-ethyl adjacent to an activating group) is 1. The molecule has 1 N–H and O–H groups in total. The van der Waals surface area contributed by atoms with Crippen molar-refractivity contribution in [2.45, 2.75) is 18.9 Å². The molecule has 0 fully saturated rings. The van der Waals surface area contributed by atoms with Crippen molar-refractivity contribution in [1.29, 1.82) is 0 Å². The summed E-state index contributed by atoms with van der Waals surface area (Å²) in [5.74, 6) is 0.385. The second-order valence-corrected chi connectivity index (χ2v) is 5.98. The Bertz CT molecular complexity index is 563. The van der Waals surface area contributed by atoms with Gasteiger partial charge in [0.25, 0.3) is 0 Å². The summed E-state index contributed by atoms with van der Waals surface area (Å²) in [6.45, 7) is 3.84. The van der Waals surface area contributed by atoms with Crippen molar-refractivity contribution < 1.29 is 4.74 Å². The minimum absolute atomic E-state index is 0.209. The van der Waals surface area contributed by atoms with E-state index in [0.717, 1.165) is 13.2 Å². The normalized spacial score (nSPS) is 22.2. The van der Waals surface area contributed by atoms with Crippen LogP contribution in [0.1, 0.15) is 33.6 Å². The number of benzene rings is 1. The first-order chi connectivity index (χ1) is 9.31. The third-order valence-electron chi connectivity index (χ3n) is 3.81. The Labute approximate surface area is 118 Å². The Morgan fingerprint density at radius 1 is 1.26 bits per heavy atom. The molecule has 3 rings (SSSR count). The van der Waals surface area contributed by atoms with Crippen LogP contribution in [0.4, 0.5) is 0 Å². The van der Waals surface area contributed by atoms with E-state index in [1.54, 1.807) is 0 Å². The van der Waals surface area contributed by atoms with Gasteiger partial charge in [-0.3, -0.25) is 0 Å². The zero-order valence-electron chi connectivity index (χ0n) is 11.3. The molecule has 1 aliphatic rings. The van der Waals surface area contributed by atoms with Crippen LogP contribution in [0.15, 0.2) is 35.7 Å². The fourth-order valence-electron chi connectivity index (χ4n) is 2.83. The quantitative estimate of drug-likeness (QED) is 0.924. The Hall–Kier alpha value is -1.16. The lowest BCUT2D eigenvalue weighted by Crippen LogP contribution is -2.27. The number of aryl methyl sites for hydroxylation is 1. The van der Waals surface area contributed by atoms with Crippen LogP contribution in [0.3, 0.4) is 0 Å². The number of ether oxygens (including phenoxy) is 1. The number of nitrogens with one attached hydrogen (secondary N) is 1. The van der Waals surface area contributed by atoms with Gasteiger partial charge < -0.3 is 10.1 Å². The maximum absolute atomic E-state index is 6.07. The van der Waals surface area contributed by atoms with E-state index in [-0.39, 0.29) is 6.10 Å². The lowest BCUT2D eigenvalue weighted by atomic mass is 9.87. The lowest BCUT2D eigenvalue weighted by molar-refractivity contribution is 0.0382. The summed E-state index contributed by atoms with van der Waals surface area (Å²) < 4.78 is 6.07. The summed E-state index contributed by atoms with van der Waals surface area (Å²) in [4.78, 5) is 1.38. The highest BCUT2D eigenvalue weighted by atomic mass is 32.1. The molecule has 100 valence electrons. The third kappa shape index (κ3) is 2.34. The molecule has 0 aliphatic carbocycles. The van der Waals surface area contributed by atoms with E-state index in [1.807, 2.05) is 18.4 Å². The summed E-state index contributed by atoms with van der Waals surface area (Å²) in [7, 11) is 1.98. The monoisotopic (exact) mass is 273 g/mol. The summed E-state index contributed by atoms with van der Waals surface area (Å²) in [5.41, 5.74) is 4.19. The van der Waals surface area contributed by atoms with Crippen LogP contribution >= 0.6 is 11.3 Å². The Kier molecular flexibility index (Phi) is 3.69. The second-order valence-electron chi connectivity index (χ2n) is 5.03. The molecule has 1 aliphatic heterocycles. The van der Waals surface area contributed by atoms with Gasteiger partial charge in [0.1, 0.15) is 6.10 Å². The van der Waals surface area contributed by atoms with Gasteiger partial charge in [0, 0.05) is 17.3 Å². The van der Waals surface area contributed by atoms with Crippen molar-refractivity contribution in [2.75, 3.05) is 20.2 Å². The average Bonchev–Trinajstić information content (AvgIpc) is 2.90. The summed E-state index contributed by atoms with van der Waals surface area (Å²) >= 11 is 1.81. The van der Waals surface area contributed by atoms with E-state index in [0.29, 0.717) is 5.92 Å². The van der Waals surface area contributed by atoms with E-state index in [2.05, 4.69) is 48.0 Å². The van der Waals surface area contributed by atoms with Crippen LogP contribution in [0, 0.1) is 6.92 Å². The van der Waals surface area contributed by atoms with Gasteiger partial charge in [0.05, 0.1) is 6.61 Å². The maximum Gasteiger partial charge on any atom is 0.104 e. The standard InChI is InChI=1S/C16H19NOS/c1-11-5-3-4-6-12(11)14-10-18-15(9-17-2)16-13(14)7-8-19-16/h3-8,14-15,17H,9-10H2,1-2H3. The molecule has 2 nitrogen and oxygen atoms in total. The highest BCUT2D eigenvalue weighted by Gasteiger charge is 2.30. The predicted molar refractivity (Wildman–Crippen MR) is 80.0 cm³/mol. The zero-order valence-corrected chi connectivity index (χ0v) is 12.2. The van der Waals surface area contributed by atoms with E-state index >= 15 is 0 Å². The third-order valence-corrected chi connectivity index (χ3v) is 4.84. The van der Waals surface area contributed by atoms with Crippen LogP contribution in [-0.4, -0.2) is 20.2 Å². The number of rotatable bonds is 3. The minimum atomic E-state index is 0.209. The molecule has 1 aromatic carbocycles. The molecule has 1 aromatic heterocycles. The molecule has 0 spiro atoms. The van der Waals surface area contributed by atoms with Crippen LogP contribution < -0.4 is 5.32 Å². The molecule has 0 saturated carbocycles. The van der Waals surface area contributed by atoms with Gasteiger partial charge in [-0.05, 0) is 42.1 Å². The Morgan fingerprint density at radius 2 is 2.11 bits per heavy atom. The van der Waals surface area contributed by atoms with Crippen molar-refractivity contribution in [2.24, 2.45) is 0 Å². The lowest BCUT2D eigenvalue weighted by Gasteiger charge is -2.30. The van der Waals surface area contributed by atoms with Crippen molar-refractivity contribution in [3.05, 3.63) is 57.3 Å². The summed E-state index contributed by atoms with van der Waals surface area (Å²) in [6.07, 6.45) is 0.209. The van der Waals surface area contributed by atoms with Crippen molar-refractivity contribution in [1.82, 2.24) is 5.32 Å². The fraction of sp³-hybridized carbons (Fsp3) is 0.375. The molecule has 3 heteroatoms. The SMILES string of the molecule is CNCC1OCC(c2ccccc2C)c2ccsc21. The van der Waals surface area contributed by atoms with Crippen LogP contribution in [0.25, 0.3) is 0 Å². The topological polar surface area (TPSA) is 21.3 Å². The first-order valence-corrected chi connectivity index (χ1v) is 7.58. The fourth-order valence-corrected chi connectivity index (χ4v) is 3.84. The minimum Gasteiger partial charge on any atom is -0.370 e. The number of thiophene rings is 1. The van der Waals surface area contributed by atoms with Crippen molar-refractivity contribution in [3.8, 4) is 0 Å². The molecule has 0 radical (unpaired) electrons. The van der Waals surface area contributed by atoms with E-state index in [4.69, 9.17) is 4.74 Å². The maximum atomic E-state index is 6.07. The van der Waals surface area contributed by atoms with Crippen LogP contribution in [0.2, 0.25) is 0 Å². The predicted octanol–water partition coefficient (Wildman–Crippen LogP) is 3.48. The molecule has 2 heterocycles. The number of fused-ring (bicyclic) bond motifs is 1. The van der Waals surface area contributed by atoms with Crippen molar-refractivity contribution in [3.63, 3.8) is 0 Å². The highest BCUT2D eigenvalue weighted by molar-refractivity contribution is 7.10. The van der Waals surface area contributed by atoms with Crippen molar-refractivity contribution >= 4 is 11.3 Å². The number of hydrogen-bond donors (Lipinski definition) is 1. The van der Waals surface area contributed by atoms with Gasteiger partial charge in [0.15, 0.2) is 0 Å². The molecule has 0 amide bonds. The van der Waals surface area contributed by atoms with E-state index in [9.17, 15) is 0 Å². The average molecular weight is 273 g/mol. The van der Waals surface area contributed by atoms with Gasteiger partial charge in [-0.1, -0.05) is 24.3 Å². The smallest absolute Gasteiger partial charge is 0.104 e. The molecule has 2 unspecified atom stereocenters. The highest BCUT2D eigenvalue weighted by Crippen LogP contribution is 2.41. The molecule has 19 heavy (non-hydrogen) atoms. The number of hydrogen-bond acceptors (Lipinski definition) is 3. The first kappa shape index (κ1) is 12.9. The molecular formula is C16H19NOS. The zero-order chi connectivity index (χ0) is 13.2. The van der Waals surface area contributed by atoms with Crippen LogP contribution in [0.5, 0.6) is 0 Å². The first-order valence-electron chi connectivity index (χ1n) is 6.70. The molecule has 2 aromatic rings. The molecular weight excluding hydrogens is 254 g/mol. The van der Waals surface area contributed by atoms with E-state index in [1.165, 1.54) is 21.6 Å². The Morgan fingerprint density at radius 3 is 2.89 bits per heavy atom. The van der Waals surface area contributed by atoms with Gasteiger partial charge in [-0.2, -0.15) is 0 Å². The van der Waals surface area contributed by atoms with Crippen LogP contribution in [-0.2, 0) is 4.74 Å². The van der Waals surface area contributed by atoms with Gasteiger partial charge in [-0.15, -0.1) is 11.3 Å². The molecule has 0 bridgehead atoms. The van der Waals surface area contributed by atoms with Gasteiger partial charge in [0.2, 0.25) is 0 Å². The largest absolute Gasteiger partial charge is 0.370 e. The second kappa shape index (κ2) is 5.45. The van der Waals surface area contributed by atoms with E-state index < -0.39 is 0 Å². The Balaban J connectivity index is 1.98. The molecule has 2 atom stereocenters. The summed E-state index contributed by atoms with van der Waals surface area (Å²) in [6, 6.07) is 10.9. The van der Waals surface area contributed by atoms with Gasteiger partial charge in [-0.25, -0.2) is 0 Å². The van der Waals surface area contributed by atoms with Gasteiger partial charge >= 0.3 is 0 Å². The summed E-state index contributed by atoms with van der Waals surface area (Å²) in [5, 5.41) is 5.40.